The van der Waals surface area contributed by atoms with Gasteiger partial charge in [-0.2, -0.15) is 0 Å². The van der Waals surface area contributed by atoms with E-state index < -0.39 is 11.0 Å². The molecule has 4 rings (SSSR count). The predicted molar refractivity (Wildman–Crippen MR) is 140 cm³/mol. The molecule has 1 aromatic heterocycles. The molecule has 186 valence electrons. The highest BCUT2D eigenvalue weighted by Gasteiger charge is 2.46. The first kappa shape index (κ1) is 25.3. The zero-order chi connectivity index (χ0) is 25.2. The second-order valence-corrected chi connectivity index (χ2v) is 11.9. The number of likely N-dealkylation sites (N-methyl/N-ethyl adjacent to an activating group) is 1. The van der Waals surface area contributed by atoms with Crippen molar-refractivity contribution < 1.29 is 14.3 Å². The highest BCUT2D eigenvalue weighted by Crippen LogP contribution is 2.41. The molecule has 3 aromatic rings. The molecular weight excluding hydrogens is 458 g/mol. The summed E-state index contributed by atoms with van der Waals surface area (Å²) in [4.78, 5) is 33.3. The summed E-state index contributed by atoms with van der Waals surface area (Å²) >= 11 is 1.61. The number of ether oxygens (including phenoxy) is 1. The van der Waals surface area contributed by atoms with Crippen LogP contribution in [0.3, 0.4) is 0 Å². The van der Waals surface area contributed by atoms with E-state index in [2.05, 4.69) is 42.5 Å². The van der Waals surface area contributed by atoms with Gasteiger partial charge in [0, 0.05) is 6.54 Å². The van der Waals surface area contributed by atoms with Crippen molar-refractivity contribution >= 4 is 33.4 Å². The van der Waals surface area contributed by atoms with Crippen LogP contribution in [0.4, 0.5) is 0 Å². The number of carbonyl (C=O) groups is 2. The van der Waals surface area contributed by atoms with Gasteiger partial charge in [0.15, 0.2) is 0 Å². The topological polar surface area (TPSA) is 71.5 Å². The summed E-state index contributed by atoms with van der Waals surface area (Å²) in [5.74, 6) is -0.462. The molecule has 0 saturated carbocycles. The van der Waals surface area contributed by atoms with Crippen molar-refractivity contribution in [2.75, 3.05) is 20.6 Å². The normalized spacial score (nSPS) is 14.8. The molecule has 0 spiro atoms. The Hall–Kier alpha value is -2.77. The van der Waals surface area contributed by atoms with E-state index in [-0.39, 0.29) is 18.3 Å². The Bertz CT molecular complexity index is 1200. The van der Waals surface area contributed by atoms with Crippen molar-refractivity contribution in [2.24, 2.45) is 5.41 Å². The Morgan fingerprint density at radius 3 is 2.43 bits per heavy atom. The van der Waals surface area contributed by atoms with Gasteiger partial charge in [-0.05, 0) is 83.0 Å². The van der Waals surface area contributed by atoms with Crippen LogP contribution in [0.5, 0.6) is 0 Å². The van der Waals surface area contributed by atoms with Crippen molar-refractivity contribution in [3.63, 3.8) is 0 Å². The van der Waals surface area contributed by atoms with Gasteiger partial charge in [-0.25, -0.2) is 4.98 Å². The third-order valence-electron chi connectivity index (χ3n) is 6.31. The first-order valence-electron chi connectivity index (χ1n) is 12.1. The Kier molecular flexibility index (Phi) is 7.29. The molecule has 1 aliphatic carbocycles. The summed E-state index contributed by atoms with van der Waals surface area (Å²) in [5, 5.41) is 3.96. The van der Waals surface area contributed by atoms with E-state index in [0.29, 0.717) is 19.4 Å². The first-order chi connectivity index (χ1) is 16.5. The molecule has 0 unspecified atom stereocenters. The summed E-state index contributed by atoms with van der Waals surface area (Å²) in [6.45, 7) is 6.88. The van der Waals surface area contributed by atoms with Gasteiger partial charge in [0.2, 0.25) is 5.91 Å². The summed E-state index contributed by atoms with van der Waals surface area (Å²) in [5.41, 5.74) is 3.04. The quantitative estimate of drug-likeness (QED) is 0.467. The van der Waals surface area contributed by atoms with Crippen molar-refractivity contribution in [1.29, 1.82) is 0 Å². The highest BCUT2D eigenvalue weighted by molar-refractivity contribution is 7.18. The van der Waals surface area contributed by atoms with E-state index in [1.165, 1.54) is 5.56 Å². The molecule has 0 atom stereocenters. The summed E-state index contributed by atoms with van der Waals surface area (Å²) < 4.78 is 6.72. The van der Waals surface area contributed by atoms with Gasteiger partial charge >= 0.3 is 5.97 Å². The first-order valence-corrected chi connectivity index (χ1v) is 12.9. The lowest BCUT2D eigenvalue weighted by Crippen LogP contribution is -2.44. The average Bonchev–Trinajstić information content (AvgIpc) is 3.35. The number of aromatic nitrogens is 1. The van der Waals surface area contributed by atoms with Crippen LogP contribution in [0.15, 0.2) is 42.5 Å². The van der Waals surface area contributed by atoms with Crippen LogP contribution in [-0.2, 0) is 40.1 Å². The molecule has 0 aliphatic heterocycles. The van der Waals surface area contributed by atoms with Crippen LogP contribution >= 0.6 is 11.3 Å². The summed E-state index contributed by atoms with van der Waals surface area (Å²) in [6.07, 6.45) is 2.10. The van der Waals surface area contributed by atoms with E-state index in [0.717, 1.165) is 39.3 Å². The maximum absolute atomic E-state index is 13.6. The van der Waals surface area contributed by atoms with Crippen LogP contribution in [-0.4, -0.2) is 48.0 Å². The van der Waals surface area contributed by atoms with Gasteiger partial charge in [-0.1, -0.05) is 30.3 Å². The zero-order valence-electron chi connectivity index (χ0n) is 21.3. The average molecular weight is 494 g/mol. The highest BCUT2D eigenvalue weighted by atomic mass is 32.1. The second kappa shape index (κ2) is 10.1. The molecule has 1 amide bonds. The van der Waals surface area contributed by atoms with Gasteiger partial charge in [-0.3, -0.25) is 9.59 Å². The number of nitrogens with zero attached hydrogens (tertiary/aromatic N) is 2. The van der Waals surface area contributed by atoms with E-state index in [1.807, 2.05) is 45.0 Å². The SMILES string of the molecule is CN(C)CCc1ccc2nc(CNC(=O)C3(CC(=O)OC(C)(C)C)Cc4ccccc4C3)sc2c1. The van der Waals surface area contributed by atoms with Crippen LogP contribution in [0, 0.1) is 5.41 Å². The lowest BCUT2D eigenvalue weighted by Gasteiger charge is -2.28. The zero-order valence-corrected chi connectivity index (χ0v) is 22.1. The summed E-state index contributed by atoms with van der Waals surface area (Å²) in [6, 6.07) is 14.4. The van der Waals surface area contributed by atoms with E-state index in [4.69, 9.17) is 9.72 Å². The van der Waals surface area contributed by atoms with Crippen molar-refractivity contribution in [3.05, 3.63) is 64.2 Å². The number of rotatable bonds is 8. The Labute approximate surface area is 211 Å². The Morgan fingerprint density at radius 2 is 1.80 bits per heavy atom. The number of benzene rings is 2. The third-order valence-corrected chi connectivity index (χ3v) is 7.32. The van der Waals surface area contributed by atoms with Crippen LogP contribution < -0.4 is 5.32 Å². The number of thiazole rings is 1. The lowest BCUT2D eigenvalue weighted by atomic mass is 9.80. The maximum Gasteiger partial charge on any atom is 0.307 e. The third kappa shape index (κ3) is 6.27. The Balaban J connectivity index is 1.48. The van der Waals surface area contributed by atoms with E-state index >= 15 is 0 Å². The van der Waals surface area contributed by atoms with E-state index in [1.54, 1.807) is 11.3 Å². The number of hydrogen-bond acceptors (Lipinski definition) is 6. The molecule has 1 N–H and O–H groups in total. The van der Waals surface area contributed by atoms with Gasteiger partial charge in [0.05, 0.1) is 28.6 Å². The molecular formula is C28H35N3O3S. The number of amides is 1. The molecule has 0 radical (unpaired) electrons. The number of fused-ring (bicyclic) bond motifs is 2. The smallest absolute Gasteiger partial charge is 0.307 e. The molecule has 2 aromatic carbocycles. The fraction of sp³-hybridized carbons (Fsp3) is 0.464. The minimum Gasteiger partial charge on any atom is -0.460 e. The second-order valence-electron chi connectivity index (χ2n) is 10.8. The van der Waals surface area contributed by atoms with Gasteiger partial charge in [-0.15, -0.1) is 11.3 Å². The molecule has 6 nitrogen and oxygen atoms in total. The molecule has 35 heavy (non-hydrogen) atoms. The molecule has 0 saturated heterocycles. The maximum atomic E-state index is 13.6. The van der Waals surface area contributed by atoms with Gasteiger partial charge < -0.3 is 15.0 Å². The fourth-order valence-corrected chi connectivity index (χ4v) is 5.63. The molecule has 1 aliphatic rings. The monoisotopic (exact) mass is 493 g/mol. The van der Waals surface area contributed by atoms with Crippen LogP contribution in [0.1, 0.15) is 48.9 Å². The minimum absolute atomic E-state index is 0.0554. The predicted octanol–water partition coefficient (Wildman–Crippen LogP) is 4.53. The fourth-order valence-electron chi connectivity index (χ4n) is 4.66. The molecule has 0 bridgehead atoms. The number of hydrogen-bond donors (Lipinski definition) is 1. The minimum atomic E-state index is -0.845. The van der Waals surface area contributed by atoms with E-state index in [9.17, 15) is 9.59 Å². The molecule has 7 heteroatoms. The van der Waals surface area contributed by atoms with Crippen LogP contribution in [0.2, 0.25) is 0 Å². The van der Waals surface area contributed by atoms with Crippen molar-refractivity contribution in [1.82, 2.24) is 15.2 Å². The van der Waals surface area contributed by atoms with Gasteiger partial charge in [0.25, 0.3) is 0 Å². The molecule has 1 heterocycles. The number of carbonyl (C=O) groups excluding carboxylic acids is 2. The number of nitrogens with one attached hydrogen (secondary N) is 1. The molecule has 0 fully saturated rings. The van der Waals surface area contributed by atoms with Gasteiger partial charge in [0.1, 0.15) is 10.6 Å². The van der Waals surface area contributed by atoms with Crippen molar-refractivity contribution in [2.45, 2.75) is 58.6 Å². The number of esters is 1. The standard InChI is InChI=1S/C28H35N3O3S/c1-27(2,3)34-25(32)17-28(15-20-8-6-7-9-21(20)16-28)26(33)29-18-24-30-22-11-10-19(12-13-31(4)5)14-23(22)35-24/h6-11,14H,12-13,15-18H2,1-5H3,(H,29,33). The Morgan fingerprint density at radius 1 is 1.11 bits per heavy atom. The van der Waals surface area contributed by atoms with Crippen molar-refractivity contribution in [3.8, 4) is 0 Å². The van der Waals surface area contributed by atoms with Crippen LogP contribution in [0.25, 0.3) is 10.2 Å². The summed E-state index contributed by atoms with van der Waals surface area (Å²) in [7, 11) is 4.15. The largest absolute Gasteiger partial charge is 0.460 e. The lowest BCUT2D eigenvalue weighted by molar-refractivity contribution is -0.160.